The molecular formula is C32H39N7O6. The van der Waals surface area contributed by atoms with Gasteiger partial charge in [0.05, 0.1) is 12.4 Å². The monoisotopic (exact) mass is 617 g/mol. The van der Waals surface area contributed by atoms with Crippen LogP contribution in [0, 0.1) is 5.92 Å². The fourth-order valence-electron chi connectivity index (χ4n) is 5.05. The van der Waals surface area contributed by atoms with Gasteiger partial charge < -0.3 is 41.9 Å². The fraction of sp³-hybridized carbons (Fsp3) is 0.344. The minimum Gasteiger partial charge on any atom is -0.508 e. The number of imidazole rings is 1. The molecule has 0 saturated carbocycles. The Morgan fingerprint density at radius 3 is 2.18 bits per heavy atom. The zero-order valence-corrected chi connectivity index (χ0v) is 25.1. The first-order valence-corrected chi connectivity index (χ1v) is 14.7. The maximum Gasteiger partial charge on any atom is 0.326 e. The van der Waals surface area contributed by atoms with E-state index in [0.717, 1.165) is 16.5 Å². The molecule has 13 nitrogen and oxygen atoms in total. The van der Waals surface area contributed by atoms with E-state index in [-0.39, 0.29) is 37.4 Å². The predicted molar refractivity (Wildman–Crippen MR) is 167 cm³/mol. The van der Waals surface area contributed by atoms with E-state index in [2.05, 4.69) is 30.9 Å². The van der Waals surface area contributed by atoms with Crippen LogP contribution in [-0.4, -0.2) is 73.0 Å². The summed E-state index contributed by atoms with van der Waals surface area (Å²) < 4.78 is 0. The van der Waals surface area contributed by atoms with E-state index in [1.165, 1.54) is 18.5 Å². The first-order chi connectivity index (χ1) is 21.5. The smallest absolute Gasteiger partial charge is 0.326 e. The van der Waals surface area contributed by atoms with Crippen molar-refractivity contribution < 1.29 is 29.4 Å². The van der Waals surface area contributed by atoms with Crippen LogP contribution in [0.5, 0.6) is 5.75 Å². The lowest BCUT2D eigenvalue weighted by Gasteiger charge is -2.26. The number of aromatic hydroxyl groups is 1. The van der Waals surface area contributed by atoms with E-state index in [4.69, 9.17) is 5.73 Å². The van der Waals surface area contributed by atoms with E-state index in [0.29, 0.717) is 11.3 Å². The number of aromatic nitrogens is 3. The molecule has 9 N–H and O–H groups in total. The molecule has 238 valence electrons. The van der Waals surface area contributed by atoms with Crippen molar-refractivity contribution in [2.45, 2.75) is 63.7 Å². The second-order valence-electron chi connectivity index (χ2n) is 11.5. The van der Waals surface area contributed by atoms with Gasteiger partial charge in [-0.2, -0.15) is 0 Å². The molecule has 3 amide bonds. The van der Waals surface area contributed by atoms with Crippen LogP contribution in [0.15, 0.2) is 67.3 Å². The van der Waals surface area contributed by atoms with E-state index < -0.39 is 47.9 Å². The number of para-hydroxylation sites is 1. The van der Waals surface area contributed by atoms with E-state index in [1.54, 1.807) is 24.5 Å². The van der Waals surface area contributed by atoms with E-state index in [1.807, 2.05) is 38.1 Å². The van der Waals surface area contributed by atoms with Crippen LogP contribution < -0.4 is 21.7 Å². The molecule has 45 heavy (non-hydrogen) atoms. The molecule has 0 fully saturated rings. The number of rotatable bonds is 15. The predicted octanol–water partition coefficient (Wildman–Crippen LogP) is 1.54. The van der Waals surface area contributed by atoms with Crippen molar-refractivity contribution in [2.24, 2.45) is 11.7 Å². The summed E-state index contributed by atoms with van der Waals surface area (Å²) >= 11 is 0. The standard InChI is InChI=1S/C32H39N7O6/c1-18(2)11-26(30(42)39-28(32(44)45)13-20-15-35-25-6-4-3-5-23(20)25)38-31(43)27(12-19-7-9-22(40)10-8-19)37-29(41)24(33)14-21-16-34-17-36-21/h3-10,15-18,24,26-28,35,40H,11-14,33H2,1-2H3,(H,34,36)(H,37,41)(H,38,43)(H,39,42)(H,44,45). The highest BCUT2D eigenvalue weighted by molar-refractivity contribution is 5.94. The topological polar surface area (TPSA) is 215 Å². The van der Waals surface area contributed by atoms with Crippen molar-refractivity contribution in [3.63, 3.8) is 0 Å². The van der Waals surface area contributed by atoms with Gasteiger partial charge in [0.2, 0.25) is 17.7 Å². The summed E-state index contributed by atoms with van der Waals surface area (Å²) in [5, 5.41) is 28.5. The molecule has 0 aliphatic carbocycles. The van der Waals surface area contributed by atoms with Gasteiger partial charge in [0.15, 0.2) is 0 Å². The molecule has 2 aromatic heterocycles. The number of phenols is 1. The molecule has 4 atom stereocenters. The van der Waals surface area contributed by atoms with Gasteiger partial charge in [-0.1, -0.05) is 44.2 Å². The summed E-state index contributed by atoms with van der Waals surface area (Å²) in [5.41, 5.74) is 8.97. The molecule has 4 rings (SSSR count). The Kier molecular flexibility index (Phi) is 10.9. The number of H-pyrrole nitrogens is 2. The zero-order valence-electron chi connectivity index (χ0n) is 25.1. The zero-order chi connectivity index (χ0) is 32.5. The van der Waals surface area contributed by atoms with E-state index in [9.17, 15) is 29.4 Å². The molecule has 0 aliphatic rings. The van der Waals surface area contributed by atoms with Gasteiger partial charge in [-0.25, -0.2) is 9.78 Å². The Morgan fingerprint density at radius 1 is 0.844 bits per heavy atom. The molecular weight excluding hydrogens is 578 g/mol. The summed E-state index contributed by atoms with van der Waals surface area (Å²) in [6, 6.07) is 9.16. The summed E-state index contributed by atoms with van der Waals surface area (Å²) in [5.74, 6) is -3.10. The van der Waals surface area contributed by atoms with Gasteiger partial charge >= 0.3 is 5.97 Å². The van der Waals surface area contributed by atoms with Crippen molar-refractivity contribution in [1.29, 1.82) is 0 Å². The molecule has 2 aromatic carbocycles. The van der Waals surface area contributed by atoms with Crippen LogP contribution in [0.1, 0.15) is 37.1 Å². The van der Waals surface area contributed by atoms with E-state index >= 15 is 0 Å². The number of benzene rings is 2. The number of nitrogens with two attached hydrogens (primary N) is 1. The number of nitrogens with zero attached hydrogens (tertiary/aromatic N) is 1. The average molecular weight is 618 g/mol. The Balaban J connectivity index is 1.50. The number of carboxylic acids is 1. The second kappa shape index (κ2) is 15.0. The van der Waals surface area contributed by atoms with Crippen LogP contribution in [0.25, 0.3) is 10.9 Å². The quantitative estimate of drug-likeness (QED) is 0.0977. The number of hydrogen-bond donors (Lipinski definition) is 8. The summed E-state index contributed by atoms with van der Waals surface area (Å²) in [6.07, 6.45) is 5.18. The lowest BCUT2D eigenvalue weighted by atomic mass is 9.99. The number of aromatic amines is 2. The molecule has 0 saturated heterocycles. The van der Waals surface area contributed by atoms with Gasteiger partial charge in [-0.05, 0) is 41.7 Å². The molecule has 4 unspecified atom stereocenters. The number of amides is 3. The van der Waals surface area contributed by atoms with Crippen molar-refractivity contribution in [3.05, 3.63) is 84.1 Å². The minimum absolute atomic E-state index is 0.0290. The second-order valence-corrected chi connectivity index (χ2v) is 11.5. The maximum atomic E-state index is 13.7. The molecule has 0 radical (unpaired) electrons. The third-order valence-electron chi connectivity index (χ3n) is 7.39. The number of carboxylic acid groups (broad SMARTS) is 1. The van der Waals surface area contributed by atoms with Gasteiger partial charge in [0, 0.05) is 48.3 Å². The SMILES string of the molecule is CC(C)CC(NC(=O)C(Cc1ccc(O)cc1)NC(=O)C(N)Cc1cnc[nH]1)C(=O)NC(Cc1c[nH]c2ccccc12)C(=O)O. The van der Waals surface area contributed by atoms with Crippen LogP contribution in [0.4, 0.5) is 0 Å². The van der Waals surface area contributed by atoms with Gasteiger partial charge in [0.1, 0.15) is 23.9 Å². The Labute approximate surface area is 260 Å². The largest absolute Gasteiger partial charge is 0.508 e. The number of phenolic OH excluding ortho intramolecular Hbond substituents is 1. The van der Waals surface area contributed by atoms with Crippen molar-refractivity contribution in [2.75, 3.05) is 0 Å². The number of hydrogen-bond acceptors (Lipinski definition) is 7. The molecule has 2 heterocycles. The number of aliphatic carboxylic acids is 1. The number of carbonyl (C=O) groups excluding carboxylic acids is 3. The summed E-state index contributed by atoms with van der Waals surface area (Å²) in [6.45, 7) is 3.74. The molecule has 4 aromatic rings. The normalized spacial score (nSPS) is 14.0. The Bertz CT molecular complexity index is 1600. The highest BCUT2D eigenvalue weighted by atomic mass is 16.4. The average Bonchev–Trinajstić information content (AvgIpc) is 3.66. The van der Waals surface area contributed by atoms with Gasteiger partial charge in [-0.3, -0.25) is 14.4 Å². The number of nitrogens with one attached hydrogen (secondary N) is 5. The maximum absolute atomic E-state index is 13.7. The van der Waals surface area contributed by atoms with Crippen molar-refractivity contribution in [3.8, 4) is 5.75 Å². The lowest BCUT2D eigenvalue weighted by Crippen LogP contribution is -2.58. The Hall–Kier alpha value is -5.17. The first-order valence-electron chi connectivity index (χ1n) is 14.7. The van der Waals surface area contributed by atoms with Crippen LogP contribution in [-0.2, 0) is 38.4 Å². The molecule has 0 spiro atoms. The highest BCUT2D eigenvalue weighted by Gasteiger charge is 2.31. The summed E-state index contributed by atoms with van der Waals surface area (Å²) in [4.78, 5) is 62.4. The molecule has 0 bridgehead atoms. The number of fused-ring (bicyclic) bond motifs is 1. The third kappa shape index (κ3) is 9.16. The highest BCUT2D eigenvalue weighted by Crippen LogP contribution is 2.19. The summed E-state index contributed by atoms with van der Waals surface area (Å²) in [7, 11) is 0. The third-order valence-corrected chi connectivity index (χ3v) is 7.39. The fourth-order valence-corrected chi connectivity index (χ4v) is 5.05. The van der Waals surface area contributed by atoms with Crippen molar-refractivity contribution >= 4 is 34.6 Å². The van der Waals surface area contributed by atoms with Crippen LogP contribution in [0.2, 0.25) is 0 Å². The van der Waals surface area contributed by atoms with Gasteiger partial charge in [-0.15, -0.1) is 0 Å². The number of carbonyl (C=O) groups is 4. The van der Waals surface area contributed by atoms with Crippen LogP contribution >= 0.6 is 0 Å². The first kappa shape index (κ1) is 32.7. The Morgan fingerprint density at radius 2 is 1.51 bits per heavy atom. The van der Waals surface area contributed by atoms with Gasteiger partial charge in [0.25, 0.3) is 0 Å². The van der Waals surface area contributed by atoms with Crippen molar-refractivity contribution in [1.82, 2.24) is 30.9 Å². The lowest BCUT2D eigenvalue weighted by molar-refractivity contribution is -0.142. The minimum atomic E-state index is -1.25. The molecule has 13 heteroatoms. The van der Waals surface area contributed by atoms with Crippen LogP contribution in [0.3, 0.4) is 0 Å². The molecule has 0 aliphatic heterocycles.